The standard InChI is InChI=1S/C34H39F3N12O5/c1-3-49-24(13-19(2)45-49)31(52)44-33-43-23-15-21(29(39)51)17-41-30(23)48(33)9-5-4-8-47-27-22(42-32(47)40)14-20(28(38)50)16-25(27)53-11-6-7-46-10-12-54-26(18-46)34(35,36)37/h4-5,13-17,26H,3,6-12,18H2,1-2H3,(H2,38,50)(H2,39,51)(H2,40,42)(H,43,44,52)/b5-4+. The van der Waals surface area contributed by atoms with Crippen molar-refractivity contribution in [2.24, 2.45) is 11.5 Å². The number of morpholine rings is 1. The molecule has 0 radical (unpaired) electrons. The number of rotatable bonds is 14. The first kappa shape index (κ1) is 37.7. The van der Waals surface area contributed by atoms with Crippen LogP contribution in [0.1, 0.15) is 50.2 Å². The number of carbonyl (C=O) groups is 3. The van der Waals surface area contributed by atoms with E-state index in [2.05, 4.69) is 25.4 Å². The van der Waals surface area contributed by atoms with Gasteiger partial charge in [-0.05, 0) is 44.5 Å². The number of hydrogen-bond donors (Lipinski definition) is 4. The Kier molecular flexibility index (Phi) is 10.8. The number of ether oxygens (including phenoxy) is 2. The maximum atomic E-state index is 13.3. The SMILES string of the molecule is CCn1nc(C)cc1C(=O)Nc1nc2cc(C(N)=O)cnc2n1C/C=C/Cn1c(N)nc2cc(C(N)=O)cc(OCCCN3CCOC(C(F)(F)F)C3)c21. The minimum absolute atomic E-state index is 0.0246. The molecule has 54 heavy (non-hydrogen) atoms. The molecule has 0 bridgehead atoms. The molecule has 1 unspecified atom stereocenters. The lowest BCUT2D eigenvalue weighted by Gasteiger charge is -2.33. The first-order chi connectivity index (χ1) is 25.7. The van der Waals surface area contributed by atoms with E-state index in [9.17, 15) is 27.6 Å². The van der Waals surface area contributed by atoms with Crippen molar-refractivity contribution in [3.05, 3.63) is 65.1 Å². The Morgan fingerprint density at radius 1 is 1.04 bits per heavy atom. The largest absolute Gasteiger partial charge is 0.491 e. The Morgan fingerprint density at radius 3 is 2.46 bits per heavy atom. The van der Waals surface area contributed by atoms with Gasteiger partial charge in [0.2, 0.25) is 23.7 Å². The highest BCUT2D eigenvalue weighted by atomic mass is 19.4. The molecule has 7 N–H and O–H groups in total. The quantitative estimate of drug-likeness (QED) is 0.0952. The van der Waals surface area contributed by atoms with Crippen molar-refractivity contribution in [3.63, 3.8) is 0 Å². The van der Waals surface area contributed by atoms with Crippen LogP contribution in [0.3, 0.4) is 0 Å². The zero-order valence-corrected chi connectivity index (χ0v) is 29.5. The molecule has 1 aromatic carbocycles. The zero-order valence-electron chi connectivity index (χ0n) is 29.5. The number of amides is 3. The van der Waals surface area contributed by atoms with Crippen LogP contribution in [0.2, 0.25) is 0 Å². The van der Waals surface area contributed by atoms with Crippen molar-refractivity contribution in [1.82, 2.24) is 38.8 Å². The lowest BCUT2D eigenvalue weighted by Crippen LogP contribution is -2.49. The molecule has 286 valence electrons. The molecule has 3 amide bonds. The van der Waals surface area contributed by atoms with E-state index < -0.39 is 30.0 Å². The number of imidazole rings is 2. The summed E-state index contributed by atoms with van der Waals surface area (Å²) in [5.41, 5.74) is 20.2. The third kappa shape index (κ3) is 8.13. The van der Waals surface area contributed by atoms with Crippen LogP contribution >= 0.6 is 0 Å². The number of nitrogen functional groups attached to an aromatic ring is 1. The van der Waals surface area contributed by atoms with Gasteiger partial charge in [0.1, 0.15) is 22.5 Å². The van der Waals surface area contributed by atoms with Gasteiger partial charge in [-0.15, -0.1) is 0 Å². The molecule has 1 aliphatic heterocycles. The summed E-state index contributed by atoms with van der Waals surface area (Å²) in [6, 6.07) is 6.12. The van der Waals surface area contributed by atoms with Crippen LogP contribution in [0.5, 0.6) is 5.75 Å². The number of halogens is 3. The number of anilines is 2. The first-order valence-corrected chi connectivity index (χ1v) is 17.0. The van der Waals surface area contributed by atoms with E-state index in [0.717, 1.165) is 0 Å². The fourth-order valence-corrected chi connectivity index (χ4v) is 6.17. The van der Waals surface area contributed by atoms with Crippen LogP contribution in [-0.4, -0.2) is 102 Å². The lowest BCUT2D eigenvalue weighted by molar-refractivity contribution is -0.237. The van der Waals surface area contributed by atoms with E-state index in [0.29, 0.717) is 59.6 Å². The number of pyridine rings is 1. The Hall–Kier alpha value is -6.02. The molecule has 20 heteroatoms. The third-order valence-corrected chi connectivity index (χ3v) is 8.78. The summed E-state index contributed by atoms with van der Waals surface area (Å²) in [7, 11) is 0. The van der Waals surface area contributed by atoms with E-state index in [1.54, 1.807) is 43.9 Å². The monoisotopic (exact) mass is 752 g/mol. The Bertz CT molecular complexity index is 2240. The van der Waals surface area contributed by atoms with Crippen LogP contribution in [-0.2, 0) is 24.4 Å². The highest BCUT2D eigenvalue weighted by molar-refractivity contribution is 6.03. The molecule has 5 aromatic rings. The maximum absolute atomic E-state index is 13.3. The van der Waals surface area contributed by atoms with Gasteiger partial charge in [-0.2, -0.15) is 18.3 Å². The van der Waals surface area contributed by atoms with E-state index in [1.807, 2.05) is 6.92 Å². The van der Waals surface area contributed by atoms with Crippen LogP contribution in [0, 0.1) is 6.92 Å². The fourth-order valence-electron chi connectivity index (χ4n) is 6.17. The van der Waals surface area contributed by atoms with Crippen LogP contribution in [0.25, 0.3) is 22.2 Å². The molecule has 1 aliphatic rings. The van der Waals surface area contributed by atoms with Crippen molar-refractivity contribution in [2.45, 2.75) is 52.2 Å². The summed E-state index contributed by atoms with van der Waals surface area (Å²) in [5.74, 6) is -1.26. The van der Waals surface area contributed by atoms with Crippen molar-refractivity contribution < 1.29 is 37.0 Å². The molecule has 4 aromatic heterocycles. The summed E-state index contributed by atoms with van der Waals surface area (Å²) < 4.78 is 55.3. The van der Waals surface area contributed by atoms with Crippen molar-refractivity contribution in [3.8, 4) is 5.75 Å². The predicted octanol–water partition coefficient (Wildman–Crippen LogP) is 2.63. The highest BCUT2D eigenvalue weighted by Crippen LogP contribution is 2.31. The Labute approximate surface area is 305 Å². The van der Waals surface area contributed by atoms with Crippen LogP contribution in [0.4, 0.5) is 25.1 Å². The van der Waals surface area contributed by atoms with Crippen molar-refractivity contribution in [2.75, 3.05) is 43.9 Å². The average Bonchev–Trinajstić information content (AvgIpc) is 3.79. The number of allylic oxidation sites excluding steroid dienone is 2. The average molecular weight is 753 g/mol. The Balaban J connectivity index is 1.21. The van der Waals surface area contributed by atoms with Gasteiger partial charge in [0.05, 0.1) is 30.0 Å². The first-order valence-electron chi connectivity index (χ1n) is 17.0. The number of alkyl halides is 3. The summed E-state index contributed by atoms with van der Waals surface area (Å²) in [4.78, 5) is 52.3. The van der Waals surface area contributed by atoms with Gasteiger partial charge < -0.3 is 31.2 Å². The number of hydrogen-bond acceptors (Lipinski definition) is 11. The summed E-state index contributed by atoms with van der Waals surface area (Å²) in [5, 5.41) is 7.16. The van der Waals surface area contributed by atoms with E-state index >= 15 is 0 Å². The fraction of sp³-hybridized carbons (Fsp3) is 0.382. The highest BCUT2D eigenvalue weighted by Gasteiger charge is 2.43. The molecular weight excluding hydrogens is 713 g/mol. The number of primary amides is 2. The topological polar surface area (TPSA) is 229 Å². The summed E-state index contributed by atoms with van der Waals surface area (Å²) in [6.45, 7) is 5.03. The normalized spacial score (nSPS) is 15.4. The van der Waals surface area contributed by atoms with Gasteiger partial charge in [0.25, 0.3) is 5.91 Å². The molecule has 6 rings (SSSR count). The third-order valence-electron chi connectivity index (χ3n) is 8.78. The van der Waals surface area contributed by atoms with Gasteiger partial charge in [0.15, 0.2) is 11.8 Å². The van der Waals surface area contributed by atoms with E-state index in [-0.39, 0.29) is 61.6 Å². The number of aryl methyl sites for hydroxylation is 2. The second kappa shape index (κ2) is 15.5. The lowest BCUT2D eigenvalue weighted by atomic mass is 10.1. The van der Waals surface area contributed by atoms with Crippen molar-refractivity contribution in [1.29, 1.82) is 0 Å². The number of aromatic nitrogens is 7. The van der Waals surface area contributed by atoms with Crippen LogP contribution in [0.15, 0.2) is 42.6 Å². The minimum Gasteiger partial charge on any atom is -0.491 e. The smallest absolute Gasteiger partial charge is 0.415 e. The van der Waals surface area contributed by atoms with Gasteiger partial charge in [-0.25, -0.2) is 15.0 Å². The van der Waals surface area contributed by atoms with Gasteiger partial charge in [-0.3, -0.25) is 33.8 Å². The zero-order chi connectivity index (χ0) is 38.7. The molecule has 0 saturated carbocycles. The number of nitrogens with two attached hydrogens (primary N) is 3. The maximum Gasteiger partial charge on any atom is 0.415 e. The van der Waals surface area contributed by atoms with Gasteiger partial charge in [-0.1, -0.05) is 12.2 Å². The van der Waals surface area contributed by atoms with Crippen molar-refractivity contribution >= 4 is 51.8 Å². The van der Waals surface area contributed by atoms with Gasteiger partial charge >= 0.3 is 6.18 Å². The van der Waals surface area contributed by atoms with Crippen LogP contribution < -0.4 is 27.3 Å². The number of nitrogens with zero attached hydrogens (tertiary/aromatic N) is 8. The number of nitrogens with one attached hydrogen (secondary N) is 1. The number of carbonyl (C=O) groups excluding carboxylic acids is 3. The molecule has 1 saturated heterocycles. The molecule has 1 atom stereocenters. The van der Waals surface area contributed by atoms with E-state index in [1.165, 1.54) is 24.4 Å². The van der Waals surface area contributed by atoms with Gasteiger partial charge in [0, 0.05) is 51.0 Å². The minimum atomic E-state index is -4.44. The number of fused-ring (bicyclic) bond motifs is 2. The molecule has 0 spiro atoms. The number of benzene rings is 1. The van der Waals surface area contributed by atoms with E-state index in [4.69, 9.17) is 26.7 Å². The molecule has 0 aliphatic carbocycles. The second-order valence-corrected chi connectivity index (χ2v) is 12.6. The second-order valence-electron chi connectivity index (χ2n) is 12.6. The molecule has 17 nitrogen and oxygen atoms in total. The predicted molar refractivity (Wildman–Crippen MR) is 191 cm³/mol. The molecular formula is C34H39F3N12O5. The summed E-state index contributed by atoms with van der Waals surface area (Å²) in [6.07, 6.45) is -0.976. The summed E-state index contributed by atoms with van der Waals surface area (Å²) >= 11 is 0. The molecule has 1 fully saturated rings. The Morgan fingerprint density at radius 2 is 1.76 bits per heavy atom. The molecule has 5 heterocycles.